The van der Waals surface area contributed by atoms with Gasteiger partial charge in [0.05, 0.1) is 23.7 Å². The standard InChI is InChI=1S/C29H46O4/c1-14(2)15(3)18-10-19(18)16(4)21-7-8-22-20-11-25-29(33-25)12-17(30)9-24(32)28(29,6)26(20)23(31)13-27(21,22)5/h14-23,25-26,30-31H,7-13H2,1-6H3/t15-,16-,17+,18+,19-,20+,21-,22+,23-,25-,26-,27-,28-,29-/m1/s1. The number of ketones is 1. The molecule has 5 saturated carbocycles. The Balaban J connectivity index is 1.27. The molecular formula is C29H46O4. The molecule has 5 aliphatic carbocycles. The SMILES string of the molecule is CC(C)[C@@H](C)[C@@H]1C[C@@H]1[C@@H](C)[C@H]1CC[C@H]2[C@@H]3C[C@H]4O[C@]45C[C@@H](O)CC(=O)[C@]5(C)[C@H]3[C@H](O)C[C@]12C. The van der Waals surface area contributed by atoms with E-state index in [2.05, 4.69) is 41.5 Å². The van der Waals surface area contributed by atoms with Crippen molar-refractivity contribution in [1.82, 2.24) is 0 Å². The lowest BCUT2D eigenvalue weighted by Crippen LogP contribution is -2.66. The Kier molecular flexibility index (Phi) is 4.92. The molecule has 6 aliphatic rings. The first-order valence-corrected chi connectivity index (χ1v) is 14.0. The zero-order valence-electron chi connectivity index (χ0n) is 21.6. The highest BCUT2D eigenvalue weighted by Gasteiger charge is 2.80. The van der Waals surface area contributed by atoms with E-state index >= 15 is 0 Å². The van der Waals surface area contributed by atoms with Crippen molar-refractivity contribution in [2.45, 2.75) is 110 Å². The Morgan fingerprint density at radius 1 is 1.00 bits per heavy atom. The first-order valence-electron chi connectivity index (χ1n) is 14.0. The second-order valence-electron chi connectivity index (χ2n) is 14.2. The van der Waals surface area contributed by atoms with Gasteiger partial charge in [0.25, 0.3) is 0 Å². The van der Waals surface area contributed by atoms with Crippen molar-refractivity contribution in [2.75, 3.05) is 0 Å². The quantitative estimate of drug-likeness (QED) is 0.591. The number of ether oxygens (including phenoxy) is 1. The van der Waals surface area contributed by atoms with E-state index in [9.17, 15) is 15.0 Å². The monoisotopic (exact) mass is 458 g/mol. The topological polar surface area (TPSA) is 70.1 Å². The number of aliphatic hydroxyl groups excluding tert-OH is 2. The molecule has 33 heavy (non-hydrogen) atoms. The maximum absolute atomic E-state index is 13.4. The molecule has 0 aromatic carbocycles. The summed E-state index contributed by atoms with van der Waals surface area (Å²) < 4.78 is 6.33. The van der Waals surface area contributed by atoms with Gasteiger partial charge in [-0.25, -0.2) is 0 Å². The second-order valence-corrected chi connectivity index (χ2v) is 14.2. The van der Waals surface area contributed by atoms with Crippen molar-refractivity contribution >= 4 is 5.78 Å². The van der Waals surface area contributed by atoms with Gasteiger partial charge in [-0.05, 0) is 91.8 Å². The van der Waals surface area contributed by atoms with Crippen LogP contribution in [0.15, 0.2) is 0 Å². The first-order chi connectivity index (χ1) is 15.5. The van der Waals surface area contributed by atoms with E-state index in [0.29, 0.717) is 24.2 Å². The highest BCUT2D eigenvalue weighted by atomic mass is 16.6. The Bertz CT molecular complexity index is 839. The van der Waals surface area contributed by atoms with Crippen LogP contribution in [0.4, 0.5) is 0 Å². The van der Waals surface area contributed by atoms with Crippen LogP contribution in [-0.4, -0.2) is 39.9 Å². The van der Waals surface area contributed by atoms with E-state index in [-0.39, 0.29) is 29.6 Å². The van der Waals surface area contributed by atoms with Crippen molar-refractivity contribution in [3.05, 3.63) is 0 Å². The van der Waals surface area contributed by atoms with Crippen molar-refractivity contribution in [2.24, 2.45) is 64.1 Å². The molecular weight excluding hydrogens is 412 g/mol. The molecule has 0 bridgehead atoms. The van der Waals surface area contributed by atoms with Crippen molar-refractivity contribution in [3.8, 4) is 0 Å². The largest absolute Gasteiger partial charge is 0.393 e. The van der Waals surface area contributed by atoms with Crippen LogP contribution in [0.5, 0.6) is 0 Å². The average Bonchev–Trinajstić information content (AvgIpc) is 3.62. The van der Waals surface area contributed by atoms with Gasteiger partial charge in [0.15, 0.2) is 0 Å². The molecule has 0 radical (unpaired) electrons. The van der Waals surface area contributed by atoms with Crippen molar-refractivity contribution < 1.29 is 19.7 Å². The van der Waals surface area contributed by atoms with E-state index in [4.69, 9.17) is 4.74 Å². The molecule has 6 rings (SSSR count). The molecule has 1 saturated heterocycles. The second kappa shape index (κ2) is 7.07. The summed E-state index contributed by atoms with van der Waals surface area (Å²) in [5.74, 6) is 5.74. The zero-order chi connectivity index (χ0) is 23.7. The summed E-state index contributed by atoms with van der Waals surface area (Å²) in [5.41, 5.74) is -0.994. The van der Waals surface area contributed by atoms with Gasteiger partial charge < -0.3 is 14.9 Å². The number of fused-ring (bicyclic) bond motifs is 4. The minimum absolute atomic E-state index is 0.0157. The fourth-order valence-corrected chi connectivity index (χ4v) is 10.7. The predicted octanol–water partition coefficient (Wildman–Crippen LogP) is 4.85. The van der Waals surface area contributed by atoms with Gasteiger partial charge in [0.2, 0.25) is 0 Å². The highest BCUT2D eigenvalue weighted by Crippen LogP contribution is 2.74. The number of rotatable bonds is 4. The number of aliphatic hydroxyl groups is 2. The molecule has 1 aliphatic heterocycles. The minimum atomic E-state index is -0.640. The fraction of sp³-hybridized carbons (Fsp3) is 0.966. The van der Waals surface area contributed by atoms with Gasteiger partial charge in [-0.3, -0.25) is 4.79 Å². The van der Waals surface area contributed by atoms with Crippen LogP contribution in [0.25, 0.3) is 0 Å². The number of hydrogen-bond acceptors (Lipinski definition) is 4. The Labute approximate surface area is 200 Å². The molecule has 1 spiro atoms. The molecule has 6 fully saturated rings. The Morgan fingerprint density at radius 2 is 1.73 bits per heavy atom. The summed E-state index contributed by atoms with van der Waals surface area (Å²) in [7, 11) is 0. The Hall–Kier alpha value is -0.450. The third-order valence-corrected chi connectivity index (χ3v) is 12.8. The third-order valence-electron chi connectivity index (χ3n) is 12.8. The third kappa shape index (κ3) is 2.84. The van der Waals surface area contributed by atoms with E-state index < -0.39 is 23.2 Å². The summed E-state index contributed by atoms with van der Waals surface area (Å²) in [4.78, 5) is 13.4. The molecule has 0 aromatic heterocycles. The Morgan fingerprint density at radius 3 is 2.42 bits per heavy atom. The van der Waals surface area contributed by atoms with Crippen LogP contribution in [-0.2, 0) is 9.53 Å². The fourth-order valence-electron chi connectivity index (χ4n) is 10.7. The van der Waals surface area contributed by atoms with Gasteiger partial charge in [0.1, 0.15) is 11.4 Å². The van der Waals surface area contributed by atoms with Gasteiger partial charge in [-0.1, -0.05) is 34.6 Å². The van der Waals surface area contributed by atoms with Crippen LogP contribution < -0.4 is 0 Å². The van der Waals surface area contributed by atoms with Crippen LogP contribution >= 0.6 is 0 Å². The predicted molar refractivity (Wildman–Crippen MR) is 127 cm³/mol. The molecule has 4 nitrogen and oxygen atoms in total. The van der Waals surface area contributed by atoms with Crippen LogP contribution in [0.3, 0.4) is 0 Å². The summed E-state index contributed by atoms with van der Waals surface area (Å²) in [6, 6.07) is 0. The molecule has 4 heteroatoms. The van der Waals surface area contributed by atoms with Gasteiger partial charge in [-0.15, -0.1) is 0 Å². The van der Waals surface area contributed by atoms with Gasteiger partial charge in [-0.2, -0.15) is 0 Å². The van der Waals surface area contributed by atoms with Gasteiger partial charge in [0, 0.05) is 18.8 Å². The lowest BCUT2D eigenvalue weighted by molar-refractivity contribution is -0.180. The summed E-state index contributed by atoms with van der Waals surface area (Å²) in [6.07, 6.45) is 5.55. The average molecular weight is 459 g/mol. The number of epoxide rings is 1. The minimum Gasteiger partial charge on any atom is -0.393 e. The highest BCUT2D eigenvalue weighted by molar-refractivity contribution is 5.89. The van der Waals surface area contributed by atoms with E-state index in [1.165, 1.54) is 19.3 Å². The molecule has 2 N–H and O–H groups in total. The number of carbonyl (C=O) groups excluding carboxylic acids is 1. The molecule has 14 atom stereocenters. The lowest BCUT2D eigenvalue weighted by atomic mass is 9.43. The van der Waals surface area contributed by atoms with Crippen LogP contribution in [0.2, 0.25) is 0 Å². The lowest BCUT2D eigenvalue weighted by Gasteiger charge is -2.60. The molecule has 1 heterocycles. The van der Waals surface area contributed by atoms with Crippen molar-refractivity contribution in [3.63, 3.8) is 0 Å². The summed E-state index contributed by atoms with van der Waals surface area (Å²) >= 11 is 0. The maximum atomic E-state index is 13.4. The number of hydrogen-bond donors (Lipinski definition) is 2. The smallest absolute Gasteiger partial charge is 0.144 e. The normalized spacial score (nSPS) is 58.7. The number of Topliss-reactive ketones (excluding diaryl/α,β-unsaturated/α-hetero) is 1. The molecule has 0 amide bonds. The molecule has 0 aromatic rings. The van der Waals surface area contributed by atoms with Gasteiger partial charge >= 0.3 is 0 Å². The van der Waals surface area contributed by atoms with Crippen molar-refractivity contribution in [1.29, 1.82) is 0 Å². The number of carbonyl (C=O) groups is 1. The summed E-state index contributed by atoms with van der Waals surface area (Å²) in [5, 5.41) is 22.1. The van der Waals surface area contributed by atoms with Crippen LogP contribution in [0, 0.1) is 64.1 Å². The van der Waals surface area contributed by atoms with E-state index in [0.717, 1.165) is 42.4 Å². The summed E-state index contributed by atoms with van der Waals surface area (Å²) in [6.45, 7) is 14.3. The molecule has 186 valence electrons. The maximum Gasteiger partial charge on any atom is 0.144 e. The van der Waals surface area contributed by atoms with Crippen LogP contribution in [0.1, 0.15) is 86.5 Å². The first kappa shape index (κ1) is 23.0. The molecule has 0 unspecified atom stereocenters. The van der Waals surface area contributed by atoms with E-state index in [1.54, 1.807) is 0 Å². The zero-order valence-corrected chi connectivity index (χ0v) is 21.6. The van der Waals surface area contributed by atoms with E-state index in [1.807, 2.05) is 0 Å².